The Kier molecular flexibility index (Phi) is 6.00. The Morgan fingerprint density at radius 3 is 2.78 bits per heavy atom. The fourth-order valence-corrected chi connectivity index (χ4v) is 1.53. The molecule has 0 spiro atoms. The molecule has 0 heterocycles. The Balaban J connectivity index is 2.58. The molecule has 0 bridgehead atoms. The van der Waals surface area contributed by atoms with Gasteiger partial charge in [-0.05, 0) is 26.0 Å². The average molecular weight is 252 g/mol. The molecule has 0 aliphatic rings. The highest BCUT2D eigenvalue weighted by Crippen LogP contribution is 2.23. The third kappa shape index (κ3) is 4.63. The Morgan fingerprint density at radius 2 is 2.11 bits per heavy atom. The molecule has 0 saturated carbocycles. The van der Waals surface area contributed by atoms with Gasteiger partial charge >= 0.3 is 6.03 Å². The number of hydrogen-bond donors (Lipinski definition) is 2. The number of hydrogen-bond acceptors (Lipinski definition) is 3. The number of carbonyl (C=O) groups is 1. The predicted octanol–water partition coefficient (Wildman–Crippen LogP) is 2.24. The molecule has 2 amide bonds. The number of carbonyl (C=O) groups excluding carboxylic acids is 1. The largest absolute Gasteiger partial charge is 0.492 e. The number of ether oxygens (including phenoxy) is 2. The molecule has 0 aliphatic heterocycles. The van der Waals surface area contributed by atoms with E-state index in [0.29, 0.717) is 24.7 Å². The summed E-state index contributed by atoms with van der Waals surface area (Å²) < 4.78 is 10.4. The molecule has 0 unspecified atom stereocenters. The smallest absolute Gasteiger partial charge is 0.319 e. The van der Waals surface area contributed by atoms with Crippen LogP contribution in [0.1, 0.15) is 13.8 Å². The molecule has 1 atom stereocenters. The van der Waals surface area contributed by atoms with Gasteiger partial charge in [-0.25, -0.2) is 4.79 Å². The van der Waals surface area contributed by atoms with Crippen LogP contribution in [-0.2, 0) is 4.74 Å². The van der Waals surface area contributed by atoms with Gasteiger partial charge in [-0.1, -0.05) is 12.1 Å². The lowest BCUT2D eigenvalue weighted by Gasteiger charge is -2.15. The van der Waals surface area contributed by atoms with Crippen molar-refractivity contribution in [2.24, 2.45) is 0 Å². The molecule has 5 heteroatoms. The quantitative estimate of drug-likeness (QED) is 0.816. The summed E-state index contributed by atoms with van der Waals surface area (Å²) in [6.45, 7) is 4.80. The monoisotopic (exact) mass is 252 g/mol. The maximum absolute atomic E-state index is 11.7. The number of methoxy groups -OCH3 is 1. The van der Waals surface area contributed by atoms with Crippen LogP contribution in [0.5, 0.6) is 5.75 Å². The molecular weight excluding hydrogens is 232 g/mol. The van der Waals surface area contributed by atoms with E-state index < -0.39 is 0 Å². The van der Waals surface area contributed by atoms with Crippen LogP contribution < -0.4 is 15.4 Å². The highest BCUT2D eigenvalue weighted by atomic mass is 16.5. The van der Waals surface area contributed by atoms with Crippen molar-refractivity contribution in [1.82, 2.24) is 5.32 Å². The summed E-state index contributed by atoms with van der Waals surface area (Å²) in [7, 11) is 1.60. The van der Waals surface area contributed by atoms with Gasteiger partial charge in [0.1, 0.15) is 5.75 Å². The van der Waals surface area contributed by atoms with Crippen molar-refractivity contribution in [3.63, 3.8) is 0 Å². The third-order valence-corrected chi connectivity index (χ3v) is 2.23. The summed E-state index contributed by atoms with van der Waals surface area (Å²) >= 11 is 0. The second-order valence-corrected chi connectivity index (χ2v) is 3.88. The summed E-state index contributed by atoms with van der Waals surface area (Å²) in [5.74, 6) is 0.662. The van der Waals surface area contributed by atoms with Gasteiger partial charge in [0.2, 0.25) is 0 Å². The van der Waals surface area contributed by atoms with E-state index in [2.05, 4.69) is 10.6 Å². The van der Waals surface area contributed by atoms with E-state index in [9.17, 15) is 4.79 Å². The molecule has 0 saturated heterocycles. The molecule has 0 fully saturated rings. The molecule has 5 nitrogen and oxygen atoms in total. The number of para-hydroxylation sites is 2. The van der Waals surface area contributed by atoms with Gasteiger partial charge in [-0.2, -0.15) is 0 Å². The minimum absolute atomic E-state index is 0.0470. The molecule has 1 aromatic carbocycles. The van der Waals surface area contributed by atoms with Gasteiger partial charge < -0.3 is 20.1 Å². The Labute approximate surface area is 107 Å². The number of anilines is 1. The van der Waals surface area contributed by atoms with Crippen molar-refractivity contribution < 1.29 is 14.3 Å². The van der Waals surface area contributed by atoms with Gasteiger partial charge in [-0.3, -0.25) is 0 Å². The van der Waals surface area contributed by atoms with Crippen molar-refractivity contribution in [2.45, 2.75) is 19.9 Å². The number of amides is 2. The lowest BCUT2D eigenvalue weighted by atomic mass is 10.3. The minimum Gasteiger partial charge on any atom is -0.492 e. The van der Waals surface area contributed by atoms with Gasteiger partial charge in [-0.15, -0.1) is 0 Å². The SMILES string of the molecule is CCOc1ccccc1NC(=O)N[C@H](C)COC. The summed E-state index contributed by atoms with van der Waals surface area (Å²) in [6.07, 6.45) is 0. The van der Waals surface area contributed by atoms with Crippen molar-refractivity contribution >= 4 is 11.7 Å². The van der Waals surface area contributed by atoms with Crippen LogP contribution >= 0.6 is 0 Å². The number of benzene rings is 1. The molecule has 0 radical (unpaired) electrons. The van der Waals surface area contributed by atoms with Crippen LogP contribution in [0, 0.1) is 0 Å². The highest BCUT2D eigenvalue weighted by molar-refractivity contribution is 5.91. The van der Waals surface area contributed by atoms with E-state index in [4.69, 9.17) is 9.47 Å². The Hall–Kier alpha value is -1.75. The van der Waals surface area contributed by atoms with Crippen LogP contribution in [0.25, 0.3) is 0 Å². The van der Waals surface area contributed by atoms with Gasteiger partial charge in [0, 0.05) is 7.11 Å². The Morgan fingerprint density at radius 1 is 1.39 bits per heavy atom. The van der Waals surface area contributed by atoms with E-state index in [1.165, 1.54) is 0 Å². The zero-order chi connectivity index (χ0) is 13.4. The first-order chi connectivity index (χ1) is 8.67. The second-order valence-electron chi connectivity index (χ2n) is 3.88. The summed E-state index contributed by atoms with van der Waals surface area (Å²) in [6, 6.07) is 7.00. The first-order valence-corrected chi connectivity index (χ1v) is 5.95. The van der Waals surface area contributed by atoms with Crippen molar-refractivity contribution in [2.75, 3.05) is 25.6 Å². The first-order valence-electron chi connectivity index (χ1n) is 5.95. The number of rotatable bonds is 6. The highest BCUT2D eigenvalue weighted by Gasteiger charge is 2.09. The normalized spacial score (nSPS) is 11.7. The maximum atomic E-state index is 11.7. The molecule has 1 rings (SSSR count). The summed E-state index contributed by atoms with van der Waals surface area (Å²) in [5, 5.41) is 5.52. The molecular formula is C13H20N2O3. The third-order valence-electron chi connectivity index (χ3n) is 2.23. The van der Waals surface area contributed by atoms with Crippen LogP contribution in [-0.4, -0.2) is 32.4 Å². The van der Waals surface area contributed by atoms with Gasteiger partial charge in [0.25, 0.3) is 0 Å². The van der Waals surface area contributed by atoms with Crippen LogP contribution in [0.15, 0.2) is 24.3 Å². The second kappa shape index (κ2) is 7.55. The zero-order valence-electron chi connectivity index (χ0n) is 11.0. The zero-order valence-corrected chi connectivity index (χ0v) is 11.0. The minimum atomic E-state index is -0.272. The van der Waals surface area contributed by atoms with Crippen molar-refractivity contribution in [3.05, 3.63) is 24.3 Å². The van der Waals surface area contributed by atoms with Gasteiger partial charge in [0.15, 0.2) is 0 Å². The molecule has 0 aromatic heterocycles. The van der Waals surface area contributed by atoms with E-state index in [1.807, 2.05) is 32.0 Å². The van der Waals surface area contributed by atoms with E-state index in [-0.39, 0.29) is 12.1 Å². The summed E-state index contributed by atoms with van der Waals surface area (Å²) in [5.41, 5.74) is 0.654. The predicted molar refractivity (Wildman–Crippen MR) is 71.1 cm³/mol. The van der Waals surface area contributed by atoms with Crippen LogP contribution in [0.2, 0.25) is 0 Å². The molecule has 18 heavy (non-hydrogen) atoms. The lowest BCUT2D eigenvalue weighted by molar-refractivity contribution is 0.173. The van der Waals surface area contributed by atoms with Crippen molar-refractivity contribution in [1.29, 1.82) is 0 Å². The molecule has 1 aromatic rings. The molecule has 2 N–H and O–H groups in total. The van der Waals surface area contributed by atoms with Crippen LogP contribution in [0.3, 0.4) is 0 Å². The average Bonchev–Trinajstić information content (AvgIpc) is 2.32. The summed E-state index contributed by atoms with van der Waals surface area (Å²) in [4.78, 5) is 11.7. The first kappa shape index (κ1) is 14.3. The fourth-order valence-electron chi connectivity index (χ4n) is 1.53. The number of urea groups is 1. The topological polar surface area (TPSA) is 59.6 Å². The van der Waals surface area contributed by atoms with Gasteiger partial charge in [0.05, 0.1) is 24.9 Å². The lowest BCUT2D eigenvalue weighted by Crippen LogP contribution is -2.38. The maximum Gasteiger partial charge on any atom is 0.319 e. The van der Waals surface area contributed by atoms with E-state index in [0.717, 1.165) is 0 Å². The van der Waals surface area contributed by atoms with E-state index in [1.54, 1.807) is 13.2 Å². The molecule has 0 aliphatic carbocycles. The molecule has 100 valence electrons. The van der Waals surface area contributed by atoms with Crippen LogP contribution in [0.4, 0.5) is 10.5 Å². The van der Waals surface area contributed by atoms with E-state index >= 15 is 0 Å². The van der Waals surface area contributed by atoms with Crippen molar-refractivity contribution in [3.8, 4) is 5.75 Å². The standard InChI is InChI=1S/C13H20N2O3/c1-4-18-12-8-6-5-7-11(12)15-13(16)14-10(2)9-17-3/h5-8,10H,4,9H2,1-3H3,(H2,14,15,16)/t10-/m1/s1. The number of nitrogens with one attached hydrogen (secondary N) is 2. The Bertz CT molecular complexity index is 382. The fraction of sp³-hybridized carbons (Fsp3) is 0.462.